The summed E-state index contributed by atoms with van der Waals surface area (Å²) in [5, 5.41) is 23.1. The average Bonchev–Trinajstić information content (AvgIpc) is 3.17. The third-order valence-corrected chi connectivity index (χ3v) is 5.99. The van der Waals surface area contributed by atoms with Gasteiger partial charge in [0.2, 0.25) is 6.16 Å². The highest BCUT2D eigenvalue weighted by atomic mass is 31.1. The Balaban J connectivity index is 1.93. The van der Waals surface area contributed by atoms with E-state index < -0.39 is 26.5 Å². The van der Waals surface area contributed by atoms with E-state index in [0.717, 1.165) is 11.4 Å². The van der Waals surface area contributed by atoms with Gasteiger partial charge >= 0.3 is 14.0 Å². The molecule has 0 amide bonds. The Kier molecular flexibility index (Phi) is 8.67. The first-order chi connectivity index (χ1) is 16.3. The molecule has 9 heteroatoms. The smallest absolute Gasteiger partial charge is 0.481 e. The predicted octanol–water partition coefficient (Wildman–Crippen LogP) is 4.75. The van der Waals surface area contributed by atoms with Crippen LogP contribution < -0.4 is 0 Å². The molecular weight excluding hydrogens is 458 g/mol. The Morgan fingerprint density at radius 1 is 1.18 bits per heavy atom. The Hall–Kier alpha value is -3.37. The lowest BCUT2D eigenvalue weighted by atomic mass is 10.00. The molecule has 3 aromatic rings. The molecule has 2 N–H and O–H groups in total. The molecule has 1 heterocycles. The van der Waals surface area contributed by atoms with Gasteiger partial charge in [0.05, 0.1) is 23.4 Å². The maximum Gasteiger partial charge on any atom is 0.511 e. The summed E-state index contributed by atoms with van der Waals surface area (Å²) in [4.78, 5) is 10.6. The fourth-order valence-electron chi connectivity index (χ4n) is 3.38. The van der Waals surface area contributed by atoms with Crippen molar-refractivity contribution in [3.05, 3.63) is 71.7 Å². The summed E-state index contributed by atoms with van der Waals surface area (Å²) in [6.45, 7) is 3.87. The van der Waals surface area contributed by atoms with Crippen molar-refractivity contribution in [1.82, 2.24) is 9.78 Å². The Morgan fingerprint density at radius 3 is 2.47 bits per heavy atom. The van der Waals surface area contributed by atoms with Gasteiger partial charge in [0.15, 0.2) is 6.61 Å². The summed E-state index contributed by atoms with van der Waals surface area (Å²) in [6.07, 6.45) is -2.04. The molecule has 2 atom stereocenters. The van der Waals surface area contributed by atoms with E-state index in [-0.39, 0.29) is 24.5 Å². The third kappa shape index (κ3) is 6.58. The van der Waals surface area contributed by atoms with Crippen molar-refractivity contribution in [2.24, 2.45) is 0 Å². The number of carboxylic acid groups (broad SMARTS) is 1. The first-order valence-electron chi connectivity index (χ1n) is 10.7. The van der Waals surface area contributed by atoms with E-state index in [1.54, 1.807) is 12.1 Å². The molecule has 0 saturated carbocycles. The molecule has 0 aliphatic carbocycles. The summed E-state index contributed by atoms with van der Waals surface area (Å²) in [5.74, 6) is 4.43. The van der Waals surface area contributed by atoms with E-state index in [0.29, 0.717) is 16.8 Å². The van der Waals surface area contributed by atoms with Crippen molar-refractivity contribution in [2.75, 3.05) is 12.8 Å². The minimum absolute atomic E-state index is 0.0509. The van der Waals surface area contributed by atoms with Crippen LogP contribution >= 0.6 is 8.03 Å². The number of hydrogen-bond acceptors (Lipinski definition) is 5. The van der Waals surface area contributed by atoms with Crippen LogP contribution in [-0.4, -0.2) is 44.8 Å². The lowest BCUT2D eigenvalue weighted by Gasteiger charge is -2.10. The number of halogens is 1. The molecule has 2 unspecified atom stereocenters. The molecule has 0 radical (unpaired) electrons. The molecule has 176 valence electrons. The third-order valence-electron chi connectivity index (χ3n) is 4.85. The largest absolute Gasteiger partial charge is 0.511 e. The van der Waals surface area contributed by atoms with Gasteiger partial charge in [0, 0.05) is 5.56 Å². The van der Waals surface area contributed by atoms with Crippen LogP contribution in [0.2, 0.25) is 0 Å². The second-order valence-electron chi connectivity index (χ2n) is 7.86. The number of para-hydroxylation sites is 1. The van der Waals surface area contributed by atoms with Gasteiger partial charge in [-0.1, -0.05) is 43.9 Å². The Bertz CT molecular complexity index is 1210. The highest BCUT2D eigenvalue weighted by molar-refractivity contribution is 7.39. The van der Waals surface area contributed by atoms with Crippen LogP contribution in [0.25, 0.3) is 16.9 Å². The molecule has 7 nitrogen and oxygen atoms in total. The highest BCUT2D eigenvalue weighted by Gasteiger charge is 2.25. The molecule has 0 aliphatic heterocycles. The molecule has 0 spiro atoms. The number of aliphatic hydroxyl groups is 1. The van der Waals surface area contributed by atoms with Crippen molar-refractivity contribution < 1.29 is 28.5 Å². The van der Waals surface area contributed by atoms with Crippen LogP contribution in [0.15, 0.2) is 54.6 Å². The SMILES string of the molecule is CC(C)c1c(C#CCO[P+](=O)CC(O)CC(=O)O)c(-c2ccc(F)cc2)nn1-c1ccccc1. The Labute approximate surface area is 198 Å². The van der Waals surface area contributed by atoms with Crippen LogP contribution in [0, 0.1) is 17.7 Å². The number of aromatic nitrogens is 2. The number of aliphatic hydroxyl groups excluding tert-OH is 1. The fraction of sp³-hybridized carbons (Fsp3) is 0.280. The standard InChI is InChI=1S/C25H24FN2O5P/c1-17(2)25-22(9-6-14-33-34(32)16-21(29)15-23(30)31)24(18-10-12-19(26)13-11-18)27-28(25)20-7-4-3-5-8-20/h3-5,7-8,10-13,17,21,29H,14-16H2,1-2H3/p+1. The van der Waals surface area contributed by atoms with E-state index in [1.165, 1.54) is 12.1 Å². The summed E-state index contributed by atoms with van der Waals surface area (Å²) < 4.78 is 32.5. The number of carbonyl (C=O) groups is 1. The summed E-state index contributed by atoms with van der Waals surface area (Å²) in [6, 6.07) is 15.6. The molecule has 34 heavy (non-hydrogen) atoms. The predicted molar refractivity (Wildman–Crippen MR) is 127 cm³/mol. The van der Waals surface area contributed by atoms with E-state index in [4.69, 9.17) is 14.7 Å². The van der Waals surface area contributed by atoms with Crippen LogP contribution in [-0.2, 0) is 13.9 Å². The van der Waals surface area contributed by atoms with Crippen molar-refractivity contribution in [3.8, 4) is 28.8 Å². The number of nitrogens with zero attached hydrogens (tertiary/aromatic N) is 2. The number of benzene rings is 2. The normalized spacial score (nSPS) is 12.2. The average molecular weight is 483 g/mol. The van der Waals surface area contributed by atoms with E-state index in [2.05, 4.69) is 11.8 Å². The topological polar surface area (TPSA) is 102 Å². The minimum Gasteiger partial charge on any atom is -0.481 e. The van der Waals surface area contributed by atoms with Gasteiger partial charge < -0.3 is 10.2 Å². The zero-order valence-corrected chi connectivity index (χ0v) is 19.7. The van der Waals surface area contributed by atoms with Gasteiger partial charge in [0.25, 0.3) is 0 Å². The zero-order chi connectivity index (χ0) is 24.7. The summed E-state index contributed by atoms with van der Waals surface area (Å²) in [5.41, 5.74) is 3.65. The second kappa shape index (κ2) is 11.7. The molecule has 2 aromatic carbocycles. The molecule has 1 aromatic heterocycles. The van der Waals surface area contributed by atoms with Crippen LogP contribution in [0.4, 0.5) is 4.39 Å². The monoisotopic (exact) mass is 483 g/mol. The van der Waals surface area contributed by atoms with Crippen LogP contribution in [0.1, 0.15) is 37.4 Å². The first-order valence-corrected chi connectivity index (χ1v) is 12.0. The van der Waals surface area contributed by atoms with Gasteiger partial charge in [-0.25, -0.2) is 9.07 Å². The van der Waals surface area contributed by atoms with Crippen molar-refractivity contribution in [3.63, 3.8) is 0 Å². The molecular formula is C25H25FN2O5P+. The van der Waals surface area contributed by atoms with Gasteiger partial charge in [-0.05, 0) is 46.9 Å². The molecule has 0 aliphatic rings. The highest BCUT2D eigenvalue weighted by Crippen LogP contribution is 2.31. The fourth-order valence-corrected chi connectivity index (χ4v) is 4.17. The lowest BCUT2D eigenvalue weighted by molar-refractivity contribution is -0.138. The minimum atomic E-state index is -2.27. The van der Waals surface area contributed by atoms with Crippen molar-refractivity contribution in [2.45, 2.75) is 32.3 Å². The maximum atomic E-state index is 13.5. The van der Waals surface area contributed by atoms with E-state index in [1.807, 2.05) is 48.9 Å². The molecule has 3 rings (SSSR count). The lowest BCUT2D eigenvalue weighted by Crippen LogP contribution is -2.15. The zero-order valence-electron chi connectivity index (χ0n) is 18.8. The van der Waals surface area contributed by atoms with Gasteiger partial charge in [-0.2, -0.15) is 5.10 Å². The van der Waals surface area contributed by atoms with Crippen LogP contribution in [0.5, 0.6) is 0 Å². The van der Waals surface area contributed by atoms with E-state index in [9.17, 15) is 18.9 Å². The summed E-state index contributed by atoms with van der Waals surface area (Å²) >= 11 is 0. The van der Waals surface area contributed by atoms with Gasteiger partial charge in [-0.15, -0.1) is 4.52 Å². The van der Waals surface area contributed by atoms with E-state index >= 15 is 0 Å². The van der Waals surface area contributed by atoms with Crippen molar-refractivity contribution in [1.29, 1.82) is 0 Å². The molecule has 0 saturated heterocycles. The molecule has 0 fully saturated rings. The van der Waals surface area contributed by atoms with Gasteiger partial charge in [0.1, 0.15) is 17.6 Å². The second-order valence-corrected chi connectivity index (χ2v) is 9.15. The Morgan fingerprint density at radius 2 is 1.85 bits per heavy atom. The summed E-state index contributed by atoms with van der Waals surface area (Å²) in [7, 11) is -2.27. The number of carboxylic acids is 1. The van der Waals surface area contributed by atoms with Crippen molar-refractivity contribution >= 4 is 14.0 Å². The number of hydrogen-bond donors (Lipinski definition) is 2. The molecule has 0 bridgehead atoms. The number of aliphatic carboxylic acids is 1. The van der Waals surface area contributed by atoms with Crippen LogP contribution in [0.3, 0.4) is 0 Å². The quantitative estimate of drug-likeness (QED) is 0.337. The number of rotatable bonds is 9. The first kappa shape index (κ1) is 25.3. The van der Waals surface area contributed by atoms with Gasteiger partial charge in [-0.3, -0.25) is 4.79 Å². The maximum absolute atomic E-state index is 13.5.